The van der Waals surface area contributed by atoms with E-state index in [1.807, 2.05) is 74.7 Å². The fourth-order valence-electron chi connectivity index (χ4n) is 6.21. The van der Waals surface area contributed by atoms with Crippen molar-refractivity contribution in [1.82, 2.24) is 10.2 Å². The second kappa shape index (κ2) is 16.9. The zero-order valence-electron chi connectivity index (χ0n) is 28.4. The van der Waals surface area contributed by atoms with Crippen molar-refractivity contribution < 1.29 is 22.7 Å². The molecule has 0 unspecified atom stereocenters. The summed E-state index contributed by atoms with van der Waals surface area (Å²) >= 11 is 1.51. The van der Waals surface area contributed by atoms with E-state index in [0.29, 0.717) is 18.0 Å². The van der Waals surface area contributed by atoms with Gasteiger partial charge in [0.05, 0.1) is 17.2 Å². The van der Waals surface area contributed by atoms with E-state index in [4.69, 9.17) is 4.74 Å². The van der Waals surface area contributed by atoms with E-state index in [9.17, 15) is 18.0 Å². The molecule has 0 spiro atoms. The second-order valence-electron chi connectivity index (χ2n) is 12.3. The maximum Gasteiger partial charge on any atom is 0.264 e. The molecule has 0 aromatic heterocycles. The summed E-state index contributed by atoms with van der Waals surface area (Å²) in [4.78, 5) is 31.5. The van der Waals surface area contributed by atoms with Gasteiger partial charge < -0.3 is 15.0 Å². The number of rotatable bonds is 15. The Balaban J connectivity index is 1.56. The van der Waals surface area contributed by atoms with Gasteiger partial charge in [0.15, 0.2) is 0 Å². The Morgan fingerprint density at radius 2 is 1.57 bits per heavy atom. The van der Waals surface area contributed by atoms with Gasteiger partial charge in [-0.1, -0.05) is 73.0 Å². The average Bonchev–Trinajstić information content (AvgIpc) is 3.62. The van der Waals surface area contributed by atoms with E-state index >= 15 is 0 Å². The zero-order chi connectivity index (χ0) is 34.8. The van der Waals surface area contributed by atoms with Gasteiger partial charge in [-0.3, -0.25) is 13.9 Å². The van der Waals surface area contributed by atoms with E-state index in [1.165, 1.54) is 11.8 Å². The summed E-state index contributed by atoms with van der Waals surface area (Å²) in [5.41, 5.74) is 3.09. The second-order valence-corrected chi connectivity index (χ2v) is 15.1. The molecule has 0 heterocycles. The van der Waals surface area contributed by atoms with Crippen molar-refractivity contribution in [3.63, 3.8) is 0 Å². The maximum atomic E-state index is 14.7. The van der Waals surface area contributed by atoms with Gasteiger partial charge in [-0.2, -0.15) is 0 Å². The lowest BCUT2D eigenvalue weighted by molar-refractivity contribution is -0.140. The lowest BCUT2D eigenvalue weighted by Crippen LogP contribution is -2.54. The van der Waals surface area contributed by atoms with Crippen LogP contribution in [0.15, 0.2) is 113 Å². The molecule has 0 saturated heterocycles. The lowest BCUT2D eigenvalue weighted by Gasteiger charge is -2.34. The Labute approximate surface area is 294 Å². The third kappa shape index (κ3) is 9.45. The Bertz CT molecular complexity index is 1790. The van der Waals surface area contributed by atoms with E-state index in [-0.39, 0.29) is 29.8 Å². The minimum atomic E-state index is -4.20. The first-order valence-electron chi connectivity index (χ1n) is 16.8. The Morgan fingerprint density at radius 3 is 2.20 bits per heavy atom. The third-order valence-corrected chi connectivity index (χ3v) is 11.3. The minimum Gasteiger partial charge on any atom is -0.494 e. The Morgan fingerprint density at radius 1 is 0.898 bits per heavy atom. The van der Waals surface area contributed by atoms with Crippen molar-refractivity contribution in [1.29, 1.82) is 0 Å². The third-order valence-electron chi connectivity index (χ3n) is 8.77. The molecule has 8 nitrogen and oxygen atoms in total. The molecule has 1 fully saturated rings. The standard InChI is InChI=1S/C39H45N3O5S2/c1-4-47-34-19-17-33(18-20-34)42(49(45,46)36-23-21-35(48-3)22-24-36)28-38(43)41(27-31-14-10-11-29(2)25-31)37(26-30-12-6-5-7-13-30)39(44)40-32-15-8-9-16-32/h5-7,10-14,17-25,32,37H,4,8-9,15-16,26-28H2,1-3H3,(H,40,44)/t37-/m0/s1. The smallest absolute Gasteiger partial charge is 0.264 e. The summed E-state index contributed by atoms with van der Waals surface area (Å²) in [6.45, 7) is 3.94. The minimum absolute atomic E-state index is 0.0479. The largest absolute Gasteiger partial charge is 0.494 e. The van der Waals surface area contributed by atoms with Gasteiger partial charge in [-0.25, -0.2) is 8.42 Å². The van der Waals surface area contributed by atoms with Crippen LogP contribution >= 0.6 is 11.8 Å². The molecule has 4 aromatic carbocycles. The molecule has 0 bridgehead atoms. The summed E-state index contributed by atoms with van der Waals surface area (Å²) in [6.07, 6.45) is 6.10. The van der Waals surface area contributed by atoms with Crippen molar-refractivity contribution >= 4 is 39.3 Å². The van der Waals surface area contributed by atoms with Gasteiger partial charge in [0.1, 0.15) is 18.3 Å². The Hall–Kier alpha value is -4.28. The van der Waals surface area contributed by atoms with Crippen LogP contribution in [0.3, 0.4) is 0 Å². The van der Waals surface area contributed by atoms with Crippen LogP contribution in [0.1, 0.15) is 49.3 Å². The first kappa shape index (κ1) is 36.0. The van der Waals surface area contributed by atoms with Gasteiger partial charge in [0, 0.05) is 23.9 Å². The number of aryl methyl sites for hydroxylation is 1. The van der Waals surface area contributed by atoms with Crippen LogP contribution in [0.25, 0.3) is 0 Å². The number of ether oxygens (including phenoxy) is 1. The maximum absolute atomic E-state index is 14.7. The number of hydrogen-bond donors (Lipinski definition) is 1. The van der Waals surface area contributed by atoms with E-state index < -0.39 is 28.5 Å². The summed E-state index contributed by atoms with van der Waals surface area (Å²) in [6, 6.07) is 29.9. The quantitative estimate of drug-likeness (QED) is 0.134. The number of nitrogens with zero attached hydrogens (tertiary/aromatic N) is 2. The predicted molar refractivity (Wildman–Crippen MR) is 196 cm³/mol. The number of nitrogens with one attached hydrogen (secondary N) is 1. The van der Waals surface area contributed by atoms with Crippen molar-refractivity contribution in [2.45, 2.75) is 74.4 Å². The number of thioether (sulfide) groups is 1. The van der Waals surface area contributed by atoms with E-state index in [0.717, 1.165) is 51.6 Å². The highest BCUT2D eigenvalue weighted by molar-refractivity contribution is 7.98. The van der Waals surface area contributed by atoms with Gasteiger partial charge in [0.25, 0.3) is 10.0 Å². The first-order valence-corrected chi connectivity index (χ1v) is 19.4. The fraction of sp³-hybridized carbons (Fsp3) is 0.333. The number of carbonyl (C=O) groups excluding carboxylic acids is 2. The number of amides is 2. The average molecular weight is 700 g/mol. The normalized spacial score (nSPS) is 13.9. The summed E-state index contributed by atoms with van der Waals surface area (Å²) in [7, 11) is -4.20. The summed E-state index contributed by atoms with van der Waals surface area (Å²) in [5.74, 6) is -0.131. The molecule has 1 aliphatic rings. The highest BCUT2D eigenvalue weighted by Crippen LogP contribution is 2.28. The van der Waals surface area contributed by atoms with Gasteiger partial charge in [-0.15, -0.1) is 11.8 Å². The molecule has 1 atom stereocenters. The highest BCUT2D eigenvalue weighted by atomic mass is 32.2. The van der Waals surface area contributed by atoms with Crippen LogP contribution in [-0.2, 0) is 32.6 Å². The Kier molecular flexibility index (Phi) is 12.4. The molecule has 0 aliphatic heterocycles. The lowest BCUT2D eigenvalue weighted by atomic mass is 10.0. The van der Waals surface area contributed by atoms with Gasteiger partial charge >= 0.3 is 0 Å². The number of sulfonamides is 1. The van der Waals surface area contributed by atoms with Crippen molar-refractivity contribution in [3.8, 4) is 5.75 Å². The molecule has 1 saturated carbocycles. The zero-order valence-corrected chi connectivity index (χ0v) is 30.0. The number of anilines is 1. The van der Waals surface area contributed by atoms with E-state index in [1.54, 1.807) is 53.4 Å². The van der Waals surface area contributed by atoms with Crippen LogP contribution in [-0.4, -0.2) is 56.6 Å². The molecule has 1 N–H and O–H groups in total. The number of benzene rings is 4. The predicted octanol–water partition coefficient (Wildman–Crippen LogP) is 7.01. The highest BCUT2D eigenvalue weighted by Gasteiger charge is 2.35. The van der Waals surface area contributed by atoms with Gasteiger partial charge in [-0.05, 0) is 92.6 Å². The SMILES string of the molecule is CCOc1ccc(N(CC(=O)N(Cc2cccc(C)c2)[C@@H](Cc2ccccc2)C(=O)NC2CCCC2)S(=O)(=O)c2ccc(SC)cc2)cc1. The van der Waals surface area contributed by atoms with Crippen molar-refractivity contribution in [3.05, 3.63) is 120 Å². The monoisotopic (exact) mass is 699 g/mol. The van der Waals surface area contributed by atoms with E-state index in [2.05, 4.69) is 5.32 Å². The molecule has 10 heteroatoms. The molecular formula is C39H45N3O5S2. The molecular weight excluding hydrogens is 655 g/mol. The molecule has 49 heavy (non-hydrogen) atoms. The van der Waals surface area contributed by atoms with Crippen LogP contribution < -0.4 is 14.4 Å². The van der Waals surface area contributed by atoms with Crippen molar-refractivity contribution in [2.24, 2.45) is 0 Å². The molecule has 4 aromatic rings. The number of hydrogen-bond acceptors (Lipinski definition) is 6. The number of carbonyl (C=O) groups is 2. The molecule has 2 amide bonds. The molecule has 1 aliphatic carbocycles. The van der Waals surface area contributed by atoms with Crippen LogP contribution in [0.5, 0.6) is 5.75 Å². The summed E-state index contributed by atoms with van der Waals surface area (Å²) in [5, 5.41) is 3.22. The molecule has 5 rings (SSSR count). The summed E-state index contributed by atoms with van der Waals surface area (Å²) < 4.78 is 35.5. The van der Waals surface area contributed by atoms with Crippen molar-refractivity contribution in [2.75, 3.05) is 23.7 Å². The van der Waals surface area contributed by atoms with Crippen LogP contribution in [0.4, 0.5) is 5.69 Å². The topological polar surface area (TPSA) is 96.0 Å². The van der Waals surface area contributed by atoms with Crippen LogP contribution in [0, 0.1) is 6.92 Å². The first-order chi connectivity index (χ1) is 23.7. The molecule has 258 valence electrons. The van der Waals surface area contributed by atoms with Gasteiger partial charge in [0.2, 0.25) is 11.8 Å². The van der Waals surface area contributed by atoms with Crippen LogP contribution in [0.2, 0.25) is 0 Å². The fourth-order valence-corrected chi connectivity index (χ4v) is 8.03. The molecule has 0 radical (unpaired) electrons.